The van der Waals surface area contributed by atoms with Gasteiger partial charge in [-0.3, -0.25) is 4.79 Å². The lowest BCUT2D eigenvalue weighted by molar-refractivity contribution is -0.121. The van der Waals surface area contributed by atoms with E-state index in [-0.39, 0.29) is 12.5 Å². The number of anilines is 2. The Kier molecular flexibility index (Phi) is 5.44. The number of ether oxygens (including phenoxy) is 1. The molecule has 0 saturated heterocycles. The molecule has 6 heteroatoms. The molecule has 0 aromatic heterocycles. The Morgan fingerprint density at radius 2 is 2.00 bits per heavy atom. The molecule has 0 fully saturated rings. The zero-order valence-corrected chi connectivity index (χ0v) is 12.6. The van der Waals surface area contributed by atoms with Crippen molar-refractivity contribution in [2.45, 2.75) is 6.61 Å². The third-order valence-corrected chi connectivity index (χ3v) is 3.21. The first-order valence-electron chi connectivity index (χ1n) is 6.21. The second-order valence-electron chi connectivity index (χ2n) is 4.41. The maximum Gasteiger partial charge on any atom is 0.250 e. The summed E-state index contributed by atoms with van der Waals surface area (Å²) in [5, 5.41) is 3.68. The number of hydrogen-bond acceptors (Lipinski definition) is 3. The van der Waals surface area contributed by atoms with Crippen LogP contribution in [-0.4, -0.2) is 12.5 Å². The highest BCUT2D eigenvalue weighted by molar-refractivity contribution is 6.34. The molecular formula is C15H14Cl2N2O2. The fraction of sp³-hybridized carbons (Fsp3) is 0.133. The predicted octanol–water partition coefficient (Wildman–Crippen LogP) is 3.73. The van der Waals surface area contributed by atoms with E-state index in [2.05, 4.69) is 5.32 Å². The van der Waals surface area contributed by atoms with Crippen LogP contribution in [0.3, 0.4) is 0 Å². The van der Waals surface area contributed by atoms with Gasteiger partial charge in [0.25, 0.3) is 0 Å². The van der Waals surface area contributed by atoms with Crippen molar-refractivity contribution in [3.8, 4) is 0 Å². The molecular weight excluding hydrogens is 311 g/mol. The summed E-state index contributed by atoms with van der Waals surface area (Å²) in [5.41, 5.74) is 7.53. The minimum atomic E-state index is -0.288. The van der Waals surface area contributed by atoms with E-state index in [0.717, 1.165) is 5.56 Å². The Morgan fingerprint density at radius 1 is 1.19 bits per heavy atom. The topological polar surface area (TPSA) is 64.3 Å². The predicted molar refractivity (Wildman–Crippen MR) is 85.6 cm³/mol. The molecule has 0 aliphatic carbocycles. The number of carbonyl (C=O) groups is 1. The van der Waals surface area contributed by atoms with Crippen LogP contribution in [0, 0.1) is 0 Å². The Balaban J connectivity index is 1.82. The highest BCUT2D eigenvalue weighted by Crippen LogP contribution is 2.23. The standard InChI is InChI=1S/C15H14Cl2N2O2/c16-11-3-1-2-10(6-11)8-21-9-15(20)19-14-5-4-12(18)7-13(14)17/h1-7H,8-9,18H2,(H,19,20). The molecule has 0 aliphatic rings. The van der Waals surface area contributed by atoms with Crippen molar-refractivity contribution in [1.82, 2.24) is 0 Å². The Bertz CT molecular complexity index is 647. The summed E-state index contributed by atoms with van der Waals surface area (Å²) in [4.78, 5) is 11.8. The molecule has 2 aromatic carbocycles. The molecule has 0 spiro atoms. The lowest BCUT2D eigenvalue weighted by Crippen LogP contribution is -2.18. The number of nitrogens with one attached hydrogen (secondary N) is 1. The van der Waals surface area contributed by atoms with Gasteiger partial charge in [0.05, 0.1) is 17.3 Å². The Hall–Kier alpha value is -1.75. The smallest absolute Gasteiger partial charge is 0.250 e. The van der Waals surface area contributed by atoms with Gasteiger partial charge in [-0.25, -0.2) is 0 Å². The van der Waals surface area contributed by atoms with Crippen molar-refractivity contribution in [2.75, 3.05) is 17.7 Å². The minimum Gasteiger partial charge on any atom is -0.399 e. The summed E-state index contributed by atoms with van der Waals surface area (Å²) < 4.78 is 5.33. The number of nitrogen functional groups attached to an aromatic ring is 1. The largest absolute Gasteiger partial charge is 0.399 e. The van der Waals surface area contributed by atoms with Crippen molar-refractivity contribution in [1.29, 1.82) is 0 Å². The highest BCUT2D eigenvalue weighted by atomic mass is 35.5. The summed E-state index contributed by atoms with van der Waals surface area (Å²) in [6.07, 6.45) is 0. The summed E-state index contributed by atoms with van der Waals surface area (Å²) in [7, 11) is 0. The van der Waals surface area contributed by atoms with E-state index in [9.17, 15) is 4.79 Å². The third-order valence-electron chi connectivity index (χ3n) is 2.66. The molecule has 0 aliphatic heterocycles. The van der Waals surface area contributed by atoms with Crippen LogP contribution in [0.15, 0.2) is 42.5 Å². The van der Waals surface area contributed by atoms with Crippen LogP contribution in [-0.2, 0) is 16.1 Å². The first kappa shape index (κ1) is 15.6. The van der Waals surface area contributed by atoms with Crippen molar-refractivity contribution in [2.24, 2.45) is 0 Å². The average Bonchev–Trinajstić information content (AvgIpc) is 2.42. The molecule has 2 aromatic rings. The maximum atomic E-state index is 11.8. The molecule has 2 rings (SSSR count). The molecule has 0 saturated carbocycles. The summed E-state index contributed by atoms with van der Waals surface area (Å²) in [6, 6.07) is 12.2. The summed E-state index contributed by atoms with van der Waals surface area (Å²) >= 11 is 11.8. The van der Waals surface area contributed by atoms with E-state index in [1.165, 1.54) is 0 Å². The molecule has 3 N–H and O–H groups in total. The van der Waals surface area contributed by atoms with Crippen molar-refractivity contribution < 1.29 is 9.53 Å². The van der Waals surface area contributed by atoms with Crippen LogP contribution in [0.2, 0.25) is 10.0 Å². The van der Waals surface area contributed by atoms with Crippen LogP contribution >= 0.6 is 23.2 Å². The maximum absolute atomic E-state index is 11.8. The lowest BCUT2D eigenvalue weighted by atomic mass is 10.2. The van der Waals surface area contributed by atoms with Gasteiger partial charge >= 0.3 is 0 Å². The molecule has 1 amide bonds. The molecule has 4 nitrogen and oxygen atoms in total. The van der Waals surface area contributed by atoms with Gasteiger partial charge in [0.1, 0.15) is 6.61 Å². The zero-order valence-electron chi connectivity index (χ0n) is 11.1. The Morgan fingerprint density at radius 3 is 2.71 bits per heavy atom. The fourth-order valence-electron chi connectivity index (χ4n) is 1.71. The van der Waals surface area contributed by atoms with E-state index in [4.69, 9.17) is 33.7 Å². The number of hydrogen-bond donors (Lipinski definition) is 2. The first-order valence-corrected chi connectivity index (χ1v) is 6.97. The van der Waals surface area contributed by atoms with Crippen LogP contribution in [0.25, 0.3) is 0 Å². The number of amides is 1. The second-order valence-corrected chi connectivity index (χ2v) is 5.25. The molecule has 0 bridgehead atoms. The number of carbonyl (C=O) groups excluding carboxylic acids is 1. The second kappa shape index (κ2) is 7.31. The van der Waals surface area contributed by atoms with Gasteiger partial charge < -0.3 is 15.8 Å². The molecule has 0 radical (unpaired) electrons. The van der Waals surface area contributed by atoms with Gasteiger partial charge in [-0.1, -0.05) is 35.3 Å². The fourth-order valence-corrected chi connectivity index (χ4v) is 2.16. The summed E-state index contributed by atoms with van der Waals surface area (Å²) in [5.74, 6) is -0.288. The minimum absolute atomic E-state index is 0.0762. The van der Waals surface area contributed by atoms with E-state index in [1.807, 2.05) is 12.1 Å². The van der Waals surface area contributed by atoms with Gasteiger partial charge in [-0.15, -0.1) is 0 Å². The van der Waals surface area contributed by atoms with E-state index >= 15 is 0 Å². The van der Waals surface area contributed by atoms with Crippen LogP contribution < -0.4 is 11.1 Å². The Labute approximate surface area is 132 Å². The van der Waals surface area contributed by atoms with Gasteiger partial charge in [0, 0.05) is 10.7 Å². The molecule has 21 heavy (non-hydrogen) atoms. The molecule has 0 unspecified atom stereocenters. The van der Waals surface area contributed by atoms with Gasteiger partial charge in [0.2, 0.25) is 5.91 Å². The third kappa shape index (κ3) is 4.93. The van der Waals surface area contributed by atoms with E-state index in [1.54, 1.807) is 30.3 Å². The average molecular weight is 325 g/mol. The zero-order chi connectivity index (χ0) is 15.2. The lowest BCUT2D eigenvalue weighted by Gasteiger charge is -2.08. The van der Waals surface area contributed by atoms with Crippen LogP contribution in [0.1, 0.15) is 5.56 Å². The van der Waals surface area contributed by atoms with Crippen LogP contribution in [0.4, 0.5) is 11.4 Å². The van der Waals surface area contributed by atoms with Gasteiger partial charge in [-0.2, -0.15) is 0 Å². The normalized spacial score (nSPS) is 10.4. The van der Waals surface area contributed by atoms with E-state index < -0.39 is 0 Å². The van der Waals surface area contributed by atoms with E-state index in [0.29, 0.717) is 28.0 Å². The van der Waals surface area contributed by atoms with Crippen molar-refractivity contribution in [3.63, 3.8) is 0 Å². The molecule has 0 heterocycles. The van der Waals surface area contributed by atoms with Crippen molar-refractivity contribution in [3.05, 3.63) is 58.1 Å². The number of halogens is 2. The van der Waals surface area contributed by atoms with Gasteiger partial charge in [0.15, 0.2) is 0 Å². The first-order chi connectivity index (χ1) is 10.0. The quantitative estimate of drug-likeness (QED) is 0.823. The number of nitrogens with two attached hydrogens (primary N) is 1. The van der Waals surface area contributed by atoms with Gasteiger partial charge in [-0.05, 0) is 35.9 Å². The van der Waals surface area contributed by atoms with Crippen LogP contribution in [0.5, 0.6) is 0 Å². The monoisotopic (exact) mass is 324 g/mol. The number of rotatable bonds is 5. The number of benzene rings is 2. The van der Waals surface area contributed by atoms with Crippen molar-refractivity contribution >= 4 is 40.5 Å². The summed E-state index contributed by atoms with van der Waals surface area (Å²) in [6.45, 7) is 0.233. The highest BCUT2D eigenvalue weighted by Gasteiger charge is 2.06. The molecule has 110 valence electrons. The SMILES string of the molecule is Nc1ccc(NC(=O)COCc2cccc(Cl)c2)c(Cl)c1. The molecule has 0 atom stereocenters.